The predicted octanol–water partition coefficient (Wildman–Crippen LogP) is 3.12. The normalized spacial score (nSPS) is 33.2. The van der Waals surface area contributed by atoms with Crippen molar-refractivity contribution in [3.05, 3.63) is 0 Å². The van der Waals surface area contributed by atoms with Gasteiger partial charge in [-0.1, -0.05) is 19.8 Å². The summed E-state index contributed by atoms with van der Waals surface area (Å²) >= 11 is 6.03. The van der Waals surface area contributed by atoms with Gasteiger partial charge in [0, 0.05) is 11.4 Å². The molecule has 0 radical (unpaired) electrons. The van der Waals surface area contributed by atoms with Gasteiger partial charge in [0.15, 0.2) is 0 Å². The van der Waals surface area contributed by atoms with Crippen LogP contribution in [-0.4, -0.2) is 24.6 Å². The van der Waals surface area contributed by atoms with Gasteiger partial charge in [-0.2, -0.15) is 0 Å². The van der Waals surface area contributed by atoms with Crippen LogP contribution in [0.2, 0.25) is 0 Å². The van der Waals surface area contributed by atoms with Crippen LogP contribution >= 0.6 is 11.6 Å². The van der Waals surface area contributed by atoms with Crippen molar-refractivity contribution >= 4 is 11.6 Å². The minimum absolute atomic E-state index is 0.0917. The Morgan fingerprint density at radius 1 is 1.57 bits per heavy atom. The first-order valence-electron chi connectivity index (χ1n) is 5.59. The largest absolute Gasteiger partial charge is 0.310 e. The highest BCUT2D eigenvalue weighted by Crippen LogP contribution is 2.33. The highest BCUT2D eigenvalue weighted by atomic mass is 35.5. The lowest BCUT2D eigenvalue weighted by Gasteiger charge is -2.39. The second-order valence-corrected chi connectivity index (χ2v) is 4.85. The molecule has 0 aliphatic heterocycles. The zero-order valence-corrected chi connectivity index (χ0v) is 9.75. The minimum Gasteiger partial charge on any atom is -0.310 e. The Bertz CT molecular complexity index is 165. The SMILES string of the molecule is CC1CCCC(CCl)(NCCCF)C1. The maximum Gasteiger partial charge on any atom is 0.0906 e. The molecule has 0 heterocycles. The quantitative estimate of drug-likeness (QED) is 0.556. The number of nitrogens with one attached hydrogen (secondary N) is 1. The van der Waals surface area contributed by atoms with Gasteiger partial charge in [0.25, 0.3) is 0 Å². The lowest BCUT2D eigenvalue weighted by atomic mass is 9.77. The fourth-order valence-electron chi connectivity index (χ4n) is 2.41. The Balaban J connectivity index is 2.39. The van der Waals surface area contributed by atoms with Gasteiger partial charge in [0.1, 0.15) is 0 Å². The van der Waals surface area contributed by atoms with E-state index in [0.717, 1.165) is 25.3 Å². The highest BCUT2D eigenvalue weighted by Gasteiger charge is 2.33. The van der Waals surface area contributed by atoms with Crippen LogP contribution in [0.1, 0.15) is 39.0 Å². The van der Waals surface area contributed by atoms with Crippen molar-refractivity contribution in [2.75, 3.05) is 19.1 Å². The molecule has 2 atom stereocenters. The Morgan fingerprint density at radius 3 is 2.93 bits per heavy atom. The molecule has 0 spiro atoms. The summed E-state index contributed by atoms with van der Waals surface area (Å²) in [7, 11) is 0. The third kappa shape index (κ3) is 3.39. The molecule has 0 bridgehead atoms. The van der Waals surface area contributed by atoms with Gasteiger partial charge in [0.05, 0.1) is 6.67 Å². The lowest BCUT2D eigenvalue weighted by Crippen LogP contribution is -2.50. The second-order valence-electron chi connectivity index (χ2n) is 4.58. The molecule has 1 rings (SSSR count). The van der Waals surface area contributed by atoms with E-state index in [1.165, 1.54) is 12.8 Å². The Labute approximate surface area is 91.4 Å². The fraction of sp³-hybridized carbons (Fsp3) is 1.00. The van der Waals surface area contributed by atoms with Crippen LogP contribution in [0.5, 0.6) is 0 Å². The highest BCUT2D eigenvalue weighted by molar-refractivity contribution is 6.18. The van der Waals surface area contributed by atoms with E-state index in [2.05, 4.69) is 12.2 Å². The van der Waals surface area contributed by atoms with Gasteiger partial charge in [-0.25, -0.2) is 0 Å². The van der Waals surface area contributed by atoms with Crippen LogP contribution in [-0.2, 0) is 0 Å². The molecular weight excluding hydrogens is 201 g/mol. The van der Waals surface area contributed by atoms with Crippen LogP contribution in [0.25, 0.3) is 0 Å². The van der Waals surface area contributed by atoms with Crippen molar-refractivity contribution in [1.82, 2.24) is 5.32 Å². The first-order valence-corrected chi connectivity index (χ1v) is 6.13. The molecule has 1 N–H and O–H groups in total. The number of alkyl halides is 2. The Kier molecular flexibility index (Phi) is 5.18. The average molecular weight is 222 g/mol. The molecule has 1 saturated carbocycles. The molecule has 0 aromatic carbocycles. The van der Waals surface area contributed by atoms with E-state index >= 15 is 0 Å². The fourth-order valence-corrected chi connectivity index (χ4v) is 2.75. The van der Waals surface area contributed by atoms with Crippen LogP contribution < -0.4 is 5.32 Å². The summed E-state index contributed by atoms with van der Waals surface area (Å²) in [6, 6.07) is 0. The van der Waals surface area contributed by atoms with Crippen molar-refractivity contribution in [2.24, 2.45) is 5.92 Å². The Morgan fingerprint density at radius 2 is 2.36 bits per heavy atom. The van der Waals surface area contributed by atoms with Gasteiger partial charge in [0.2, 0.25) is 0 Å². The van der Waals surface area contributed by atoms with Crippen LogP contribution in [0, 0.1) is 5.92 Å². The molecule has 0 aromatic heterocycles. The summed E-state index contributed by atoms with van der Waals surface area (Å²) in [6.07, 6.45) is 5.45. The van der Waals surface area contributed by atoms with Crippen LogP contribution in [0.4, 0.5) is 4.39 Å². The number of halogens is 2. The monoisotopic (exact) mass is 221 g/mol. The van der Waals surface area contributed by atoms with Crippen molar-refractivity contribution in [3.63, 3.8) is 0 Å². The third-order valence-corrected chi connectivity index (χ3v) is 3.67. The van der Waals surface area contributed by atoms with E-state index in [4.69, 9.17) is 11.6 Å². The summed E-state index contributed by atoms with van der Waals surface area (Å²) in [5, 5.41) is 3.44. The standard InChI is InChI=1S/C11H21ClFN/c1-10-4-2-5-11(8-10,9-12)14-7-3-6-13/h10,14H,2-9H2,1H3. The van der Waals surface area contributed by atoms with Gasteiger partial charge in [-0.3, -0.25) is 4.39 Å². The maximum atomic E-state index is 12.0. The minimum atomic E-state index is -0.235. The first-order chi connectivity index (χ1) is 6.72. The first kappa shape index (κ1) is 12.3. The van der Waals surface area contributed by atoms with Crippen molar-refractivity contribution < 1.29 is 4.39 Å². The van der Waals surface area contributed by atoms with E-state index in [9.17, 15) is 4.39 Å². The lowest BCUT2D eigenvalue weighted by molar-refractivity contribution is 0.207. The van der Waals surface area contributed by atoms with Gasteiger partial charge < -0.3 is 5.32 Å². The van der Waals surface area contributed by atoms with E-state index in [1.54, 1.807) is 0 Å². The summed E-state index contributed by atoms with van der Waals surface area (Å²) < 4.78 is 12.0. The summed E-state index contributed by atoms with van der Waals surface area (Å²) in [5.74, 6) is 1.41. The maximum absolute atomic E-state index is 12.0. The topological polar surface area (TPSA) is 12.0 Å². The molecule has 1 aliphatic rings. The average Bonchev–Trinajstić information content (AvgIpc) is 2.18. The molecule has 3 heteroatoms. The zero-order chi connectivity index (χ0) is 10.4. The van der Waals surface area contributed by atoms with E-state index in [1.807, 2.05) is 0 Å². The summed E-state index contributed by atoms with van der Waals surface area (Å²) in [6.45, 7) is 2.80. The van der Waals surface area contributed by atoms with Crippen molar-refractivity contribution in [2.45, 2.75) is 44.6 Å². The number of rotatable bonds is 5. The molecule has 0 amide bonds. The van der Waals surface area contributed by atoms with Crippen LogP contribution in [0.15, 0.2) is 0 Å². The third-order valence-electron chi connectivity index (χ3n) is 3.16. The number of hydrogen-bond donors (Lipinski definition) is 1. The second kappa shape index (κ2) is 5.92. The number of hydrogen-bond acceptors (Lipinski definition) is 1. The predicted molar refractivity (Wildman–Crippen MR) is 59.7 cm³/mol. The molecule has 1 fully saturated rings. The van der Waals surface area contributed by atoms with Crippen LogP contribution in [0.3, 0.4) is 0 Å². The summed E-state index contributed by atoms with van der Waals surface area (Å²) in [4.78, 5) is 0. The molecule has 1 aliphatic carbocycles. The smallest absolute Gasteiger partial charge is 0.0906 e. The van der Waals surface area contributed by atoms with Gasteiger partial charge in [-0.05, 0) is 31.7 Å². The van der Waals surface area contributed by atoms with Gasteiger partial charge >= 0.3 is 0 Å². The summed E-state index contributed by atoms with van der Waals surface area (Å²) in [5.41, 5.74) is 0.0917. The van der Waals surface area contributed by atoms with E-state index in [-0.39, 0.29) is 12.2 Å². The van der Waals surface area contributed by atoms with E-state index in [0.29, 0.717) is 12.3 Å². The van der Waals surface area contributed by atoms with Gasteiger partial charge in [-0.15, -0.1) is 11.6 Å². The zero-order valence-electron chi connectivity index (χ0n) is 8.99. The molecule has 1 nitrogen and oxygen atoms in total. The molecule has 84 valence electrons. The molecule has 0 saturated heterocycles. The van der Waals surface area contributed by atoms with Crippen molar-refractivity contribution in [3.8, 4) is 0 Å². The van der Waals surface area contributed by atoms with Crippen molar-refractivity contribution in [1.29, 1.82) is 0 Å². The molecule has 0 aromatic rings. The Hall–Kier alpha value is 0.180. The molecule has 14 heavy (non-hydrogen) atoms. The molecular formula is C11H21ClFN. The molecule has 2 unspecified atom stereocenters. The van der Waals surface area contributed by atoms with E-state index < -0.39 is 0 Å².